The molecule has 2 aromatic rings. The second kappa shape index (κ2) is 19.6. The molecule has 5 rings (SSSR count). The lowest BCUT2D eigenvalue weighted by Gasteiger charge is -2.50. The predicted octanol–water partition coefficient (Wildman–Crippen LogP) is 3.00. The van der Waals surface area contributed by atoms with Crippen LogP contribution in [0, 0.1) is 0 Å². The smallest absolute Gasteiger partial charge is 0.338 e. The molecule has 310 valence electrons. The van der Waals surface area contributed by atoms with Gasteiger partial charge in [0.25, 0.3) is 0 Å². The number of ether oxygens (including phenoxy) is 11. The highest BCUT2D eigenvalue weighted by molar-refractivity contribution is 6.33. The number of anilines is 1. The third-order valence-corrected chi connectivity index (χ3v) is 9.00. The van der Waals surface area contributed by atoms with E-state index in [2.05, 4.69) is 5.32 Å². The summed E-state index contributed by atoms with van der Waals surface area (Å²) >= 11 is 6.25. The maximum Gasteiger partial charge on any atom is 0.338 e. The van der Waals surface area contributed by atoms with E-state index in [4.69, 9.17) is 63.7 Å². The molecule has 3 aliphatic heterocycles. The first-order valence-electron chi connectivity index (χ1n) is 17.9. The van der Waals surface area contributed by atoms with Gasteiger partial charge < -0.3 is 57.4 Å². The number of carbonyl (C=O) groups is 6. The molecule has 0 spiro atoms. The van der Waals surface area contributed by atoms with Crippen LogP contribution in [0.2, 0.25) is 5.02 Å². The van der Waals surface area contributed by atoms with Gasteiger partial charge in [0.15, 0.2) is 43.3 Å². The van der Waals surface area contributed by atoms with Gasteiger partial charge in [0.05, 0.1) is 29.5 Å². The average Bonchev–Trinajstić information content (AvgIpc) is 3.14. The van der Waals surface area contributed by atoms with Gasteiger partial charge in [-0.25, -0.2) is 4.79 Å². The van der Waals surface area contributed by atoms with Crippen LogP contribution in [0.4, 0.5) is 5.69 Å². The Hall–Kier alpha value is -4.69. The van der Waals surface area contributed by atoms with E-state index in [-0.39, 0.29) is 29.7 Å². The molecule has 0 saturated carbocycles. The van der Waals surface area contributed by atoms with Crippen molar-refractivity contribution in [3.8, 4) is 0 Å². The summed E-state index contributed by atoms with van der Waals surface area (Å²) in [4.78, 5) is 75.2. The minimum Gasteiger partial charge on any atom is -0.459 e. The first kappa shape index (κ1) is 43.4. The number of halogens is 1. The SMILES string of the molecule is CC(=O)Nc1cc(CO[C@@H]2O[C@H](COC(=O)c3ccccc3)[C@@H](O[C@H]3O[C@@H]4COC(C)O[C@H]4[C@H](OC(C)=O)[C@H]3OC(C)=O)[C@H](OC(C)=O)[C@H]2OC(C)=O)ccc1Cl. The fourth-order valence-electron chi connectivity index (χ4n) is 6.47. The molecule has 11 atom stereocenters. The number of esters is 5. The van der Waals surface area contributed by atoms with Crippen molar-refractivity contribution < 1.29 is 80.9 Å². The molecule has 3 fully saturated rings. The Morgan fingerprint density at radius 3 is 1.98 bits per heavy atom. The molecule has 2 aromatic carbocycles. The summed E-state index contributed by atoms with van der Waals surface area (Å²) in [6, 6.07) is 12.8. The Morgan fingerprint density at radius 1 is 0.737 bits per heavy atom. The highest BCUT2D eigenvalue weighted by Gasteiger charge is 2.58. The van der Waals surface area contributed by atoms with Gasteiger partial charge in [0.1, 0.15) is 31.0 Å². The van der Waals surface area contributed by atoms with Crippen LogP contribution >= 0.6 is 11.6 Å². The average molecular weight is 822 g/mol. The Morgan fingerprint density at radius 2 is 1.35 bits per heavy atom. The molecule has 0 aromatic heterocycles. The van der Waals surface area contributed by atoms with Crippen molar-refractivity contribution in [3.63, 3.8) is 0 Å². The van der Waals surface area contributed by atoms with Gasteiger partial charge in [-0.3, -0.25) is 24.0 Å². The molecule has 1 N–H and O–H groups in total. The molecule has 0 aliphatic carbocycles. The molecular weight excluding hydrogens is 778 g/mol. The quantitative estimate of drug-likeness (QED) is 0.227. The summed E-state index contributed by atoms with van der Waals surface area (Å²) in [7, 11) is 0. The Labute approximate surface area is 332 Å². The van der Waals surface area contributed by atoms with Gasteiger partial charge in [-0.15, -0.1) is 0 Å². The topological polar surface area (TPSA) is 216 Å². The summed E-state index contributed by atoms with van der Waals surface area (Å²) in [6.45, 7) is 6.61. The number of carbonyl (C=O) groups excluding carboxylic acids is 6. The highest BCUT2D eigenvalue weighted by atomic mass is 35.5. The molecule has 1 unspecified atom stereocenters. The Balaban J connectivity index is 1.53. The van der Waals surface area contributed by atoms with Crippen molar-refractivity contribution >= 4 is 53.0 Å². The van der Waals surface area contributed by atoms with Crippen molar-refractivity contribution in [2.75, 3.05) is 18.5 Å². The molecule has 1 amide bonds. The van der Waals surface area contributed by atoms with Gasteiger partial charge in [-0.1, -0.05) is 35.9 Å². The molecule has 3 heterocycles. The Kier molecular flexibility index (Phi) is 15.0. The van der Waals surface area contributed by atoms with E-state index in [1.165, 1.54) is 25.1 Å². The van der Waals surface area contributed by atoms with Crippen LogP contribution in [-0.2, 0) is 82.7 Å². The maximum atomic E-state index is 13.2. The van der Waals surface area contributed by atoms with Gasteiger partial charge in [0.2, 0.25) is 5.91 Å². The van der Waals surface area contributed by atoms with E-state index in [1.807, 2.05) is 0 Å². The second-order valence-corrected chi connectivity index (χ2v) is 13.7. The van der Waals surface area contributed by atoms with Gasteiger partial charge >= 0.3 is 29.8 Å². The summed E-state index contributed by atoms with van der Waals surface area (Å²) in [6.07, 6.45) is -14.5. The van der Waals surface area contributed by atoms with Crippen molar-refractivity contribution in [2.24, 2.45) is 0 Å². The molecule has 3 saturated heterocycles. The van der Waals surface area contributed by atoms with Crippen LogP contribution in [-0.4, -0.2) is 117 Å². The molecule has 19 heteroatoms. The number of rotatable bonds is 13. The lowest BCUT2D eigenvalue weighted by molar-refractivity contribution is -0.383. The molecule has 0 radical (unpaired) electrons. The van der Waals surface area contributed by atoms with E-state index < -0.39 is 104 Å². The molecule has 3 aliphatic rings. The van der Waals surface area contributed by atoms with Gasteiger partial charge in [-0.05, 0) is 36.8 Å². The lowest BCUT2D eigenvalue weighted by Crippen LogP contribution is -2.68. The predicted molar refractivity (Wildman–Crippen MR) is 192 cm³/mol. The van der Waals surface area contributed by atoms with Gasteiger partial charge in [-0.2, -0.15) is 0 Å². The summed E-state index contributed by atoms with van der Waals surface area (Å²) < 4.78 is 65.1. The fraction of sp³-hybridized carbons (Fsp3) is 0.526. The van der Waals surface area contributed by atoms with E-state index in [0.29, 0.717) is 11.3 Å². The summed E-state index contributed by atoms with van der Waals surface area (Å²) in [5.74, 6) is -4.31. The lowest BCUT2D eigenvalue weighted by atomic mass is 9.95. The van der Waals surface area contributed by atoms with E-state index in [0.717, 1.165) is 27.7 Å². The van der Waals surface area contributed by atoms with Crippen LogP contribution in [0.1, 0.15) is 57.5 Å². The molecule has 18 nitrogen and oxygen atoms in total. The van der Waals surface area contributed by atoms with Crippen molar-refractivity contribution in [3.05, 3.63) is 64.7 Å². The fourth-order valence-corrected chi connectivity index (χ4v) is 6.64. The van der Waals surface area contributed by atoms with Crippen LogP contribution < -0.4 is 5.32 Å². The Bertz CT molecular complexity index is 1780. The second-order valence-electron chi connectivity index (χ2n) is 13.3. The summed E-state index contributed by atoms with van der Waals surface area (Å²) in [5, 5.41) is 2.88. The van der Waals surface area contributed by atoms with Crippen LogP contribution in [0.25, 0.3) is 0 Å². The largest absolute Gasteiger partial charge is 0.459 e. The van der Waals surface area contributed by atoms with E-state index >= 15 is 0 Å². The first-order valence-corrected chi connectivity index (χ1v) is 18.3. The molecule has 57 heavy (non-hydrogen) atoms. The zero-order valence-electron chi connectivity index (χ0n) is 31.9. The van der Waals surface area contributed by atoms with Crippen molar-refractivity contribution in [1.82, 2.24) is 0 Å². The van der Waals surface area contributed by atoms with Crippen LogP contribution in [0.15, 0.2) is 48.5 Å². The normalized spacial score (nSPS) is 29.5. The monoisotopic (exact) mass is 821 g/mol. The minimum atomic E-state index is -1.60. The van der Waals surface area contributed by atoms with Crippen LogP contribution in [0.3, 0.4) is 0 Å². The van der Waals surface area contributed by atoms with E-state index in [1.54, 1.807) is 37.3 Å². The number of hydrogen-bond donors (Lipinski definition) is 1. The minimum absolute atomic E-state index is 0.0523. The molecule has 0 bridgehead atoms. The van der Waals surface area contributed by atoms with Crippen LogP contribution in [0.5, 0.6) is 0 Å². The van der Waals surface area contributed by atoms with Crippen molar-refractivity contribution in [2.45, 2.75) is 116 Å². The third-order valence-electron chi connectivity index (χ3n) is 8.67. The summed E-state index contributed by atoms with van der Waals surface area (Å²) in [5.41, 5.74) is 1.01. The number of hydrogen-bond acceptors (Lipinski definition) is 17. The van der Waals surface area contributed by atoms with E-state index in [9.17, 15) is 28.8 Å². The van der Waals surface area contributed by atoms with Crippen molar-refractivity contribution in [1.29, 1.82) is 0 Å². The highest BCUT2D eigenvalue weighted by Crippen LogP contribution is 2.37. The molecular formula is C38H44ClNO17. The number of amides is 1. The third kappa shape index (κ3) is 11.7. The first-order chi connectivity index (χ1) is 27.1. The maximum absolute atomic E-state index is 13.2. The van der Waals surface area contributed by atoms with Gasteiger partial charge in [0, 0.05) is 34.6 Å². The zero-order valence-corrected chi connectivity index (χ0v) is 32.7. The number of nitrogens with one attached hydrogen (secondary N) is 1. The number of benzene rings is 2. The number of fused-ring (bicyclic) bond motifs is 1. The zero-order chi connectivity index (χ0) is 41.4. The standard InChI is InChI=1S/C38H44ClNO17/c1-18(41)40-27-14-24(12-13-26(27)39)15-49-37-34(52-21(4)44)33(51-20(3)43)31(29(55-37)17-48-36(46)25-10-8-7-9-11-25)57-38-35(53-22(5)45)32(50-19(2)42)30-28(56-38)16-47-23(6)54-30/h7-14,23,28-35,37-38H,15-17H2,1-6H3,(H,40,41)/t23?,28-,29-,30-,31-,32+,33+,34-,35-,37-,38-/m1/s1.